The van der Waals surface area contributed by atoms with Crippen LogP contribution in [-0.2, 0) is 10.8 Å². The van der Waals surface area contributed by atoms with E-state index in [1.165, 1.54) is 59.3 Å². The van der Waals surface area contributed by atoms with Crippen molar-refractivity contribution in [2.75, 3.05) is 24.5 Å². The van der Waals surface area contributed by atoms with Crippen molar-refractivity contribution < 1.29 is 0 Å². The van der Waals surface area contributed by atoms with Crippen LogP contribution in [0.4, 0.5) is 85.3 Å². The van der Waals surface area contributed by atoms with Crippen molar-refractivity contribution >= 4 is 143 Å². The molecule has 112 heavy (non-hydrogen) atoms. The lowest BCUT2D eigenvalue weighted by Gasteiger charge is -2.46. The zero-order valence-electron chi connectivity index (χ0n) is 63.7. The molecule has 16 aromatic carbocycles. The molecule has 16 aromatic rings. The van der Waals surface area contributed by atoms with Crippen molar-refractivity contribution in [3.05, 3.63) is 393 Å². The minimum absolute atomic E-state index is 0.00251. The standard InChI is InChI=1S/C104H81B2N5S/c1-103(2,3)74-60-56-72(57-61-74)82-46-25-29-52-90(82)108(78-42-21-11-22-43-78)81-66-97-101-99(67-81)112-98-69-94-88(68-89(98)106(101)87-51-28-32-55-93(87)110(97)91-53-30-26-47-83(91)73-58-62-75(63-59-73)104(4,5)6)105-86-50-27-31-54-92(86)109(79-44-23-12-24-45-79)95-64-80(107(76-38-17-9-18-39-76)77-40-19-10-20-41-77)65-96(100(95)105)111(94)102-84(70-34-13-7-14-35-70)48-33-49-85(102)71-36-15-8-16-37-71/h7-69H,1-6H3. The van der Waals surface area contributed by atoms with E-state index in [9.17, 15) is 0 Å². The molecule has 0 saturated heterocycles. The molecule has 0 saturated carbocycles. The highest BCUT2D eigenvalue weighted by atomic mass is 32.2. The number of rotatable bonds is 13. The van der Waals surface area contributed by atoms with Crippen LogP contribution in [0.5, 0.6) is 0 Å². The molecule has 0 bridgehead atoms. The minimum Gasteiger partial charge on any atom is -0.311 e. The summed E-state index contributed by atoms with van der Waals surface area (Å²) in [6.07, 6.45) is 0. The molecule has 0 unspecified atom stereocenters. The van der Waals surface area contributed by atoms with Gasteiger partial charge < -0.3 is 24.5 Å². The Morgan fingerprint density at radius 2 is 0.652 bits per heavy atom. The molecule has 4 aliphatic heterocycles. The van der Waals surface area contributed by atoms with Gasteiger partial charge in [0.05, 0.1) is 22.7 Å². The van der Waals surface area contributed by atoms with Crippen LogP contribution in [0.1, 0.15) is 52.7 Å². The van der Waals surface area contributed by atoms with Crippen LogP contribution in [0, 0.1) is 0 Å². The lowest BCUT2D eigenvalue weighted by Crippen LogP contribution is -2.64. The van der Waals surface area contributed by atoms with E-state index >= 15 is 0 Å². The third-order valence-corrected chi connectivity index (χ3v) is 24.3. The Balaban J connectivity index is 0.894. The fraction of sp³-hybridized carbons (Fsp3) is 0.0769. The SMILES string of the molecule is CC(C)(C)c1ccc(-c2ccccc2N(c2ccccc2)c2cc3c4c(c2)N(c2ccccc2-c2ccc(C(C)(C)C)cc2)c2ccccc2B4c2cc4c(cc2S3)N(c2c(-c3ccccc3)cccc2-c2ccccc2)c2cc(N(c3ccccc3)c3ccccc3)cc3c2B4c2ccccc2N3c2ccccc2)cc1. The molecule has 8 heteroatoms. The summed E-state index contributed by atoms with van der Waals surface area (Å²) >= 11 is 1.92. The van der Waals surface area contributed by atoms with E-state index in [1.54, 1.807) is 0 Å². The van der Waals surface area contributed by atoms with Crippen molar-refractivity contribution in [1.29, 1.82) is 0 Å². The van der Waals surface area contributed by atoms with Gasteiger partial charge in [-0.1, -0.05) is 338 Å². The Hall–Kier alpha value is -13.0. The van der Waals surface area contributed by atoms with Gasteiger partial charge >= 0.3 is 0 Å². The lowest BCUT2D eigenvalue weighted by atomic mass is 9.31. The molecule has 0 amide bonds. The summed E-state index contributed by atoms with van der Waals surface area (Å²) in [6, 6.07) is 144. The van der Waals surface area contributed by atoms with Crippen LogP contribution in [0.3, 0.4) is 0 Å². The average molecular weight is 1450 g/mol. The molecular weight excluding hydrogens is 1370 g/mol. The summed E-state index contributed by atoms with van der Waals surface area (Å²) in [7, 11) is 0. The molecule has 4 aliphatic rings. The lowest BCUT2D eigenvalue weighted by molar-refractivity contribution is 0.590. The number of para-hydroxylation sites is 9. The predicted octanol–water partition coefficient (Wildman–Crippen LogP) is 24.7. The molecule has 20 rings (SSSR count). The fourth-order valence-electron chi connectivity index (χ4n) is 17.9. The van der Waals surface area contributed by atoms with Crippen molar-refractivity contribution in [2.24, 2.45) is 0 Å². The molecule has 0 aliphatic carbocycles. The zero-order valence-corrected chi connectivity index (χ0v) is 64.5. The first kappa shape index (κ1) is 68.3. The minimum atomic E-state index is -0.220. The Morgan fingerprint density at radius 3 is 1.20 bits per heavy atom. The van der Waals surface area contributed by atoms with Gasteiger partial charge in [-0.3, -0.25) is 0 Å². The van der Waals surface area contributed by atoms with E-state index < -0.39 is 0 Å². The average Bonchev–Trinajstić information content (AvgIpc) is 0.684. The second-order valence-corrected chi connectivity index (χ2v) is 33.0. The smallest absolute Gasteiger partial charge is 0.252 e. The van der Waals surface area contributed by atoms with E-state index in [-0.39, 0.29) is 24.3 Å². The highest BCUT2D eigenvalue weighted by Gasteiger charge is 2.49. The Labute approximate surface area is 663 Å². The van der Waals surface area contributed by atoms with Crippen LogP contribution in [0.25, 0.3) is 44.5 Å². The van der Waals surface area contributed by atoms with Gasteiger partial charge in [0.25, 0.3) is 6.71 Å². The second kappa shape index (κ2) is 27.5. The summed E-state index contributed by atoms with van der Waals surface area (Å²) in [5.41, 5.74) is 35.9. The number of anilines is 15. The highest BCUT2D eigenvalue weighted by molar-refractivity contribution is 8.00. The van der Waals surface area contributed by atoms with Crippen molar-refractivity contribution in [1.82, 2.24) is 0 Å². The monoisotopic (exact) mass is 1450 g/mol. The van der Waals surface area contributed by atoms with Crippen molar-refractivity contribution in [2.45, 2.75) is 62.2 Å². The third-order valence-electron chi connectivity index (χ3n) is 23.2. The van der Waals surface area contributed by atoms with Gasteiger partial charge in [0.1, 0.15) is 0 Å². The van der Waals surface area contributed by atoms with E-state index in [2.05, 4.69) is 448 Å². The Morgan fingerprint density at radius 1 is 0.250 bits per heavy atom. The number of nitrogens with zero attached hydrogens (tertiary/aromatic N) is 5. The molecule has 0 aromatic heterocycles. The van der Waals surface area contributed by atoms with Gasteiger partial charge in [0, 0.05) is 94.6 Å². The van der Waals surface area contributed by atoms with Crippen molar-refractivity contribution in [3.63, 3.8) is 0 Å². The molecule has 0 fully saturated rings. The fourth-order valence-corrected chi connectivity index (χ4v) is 19.2. The normalized spacial score (nSPS) is 13.0. The number of hydrogen-bond donors (Lipinski definition) is 0. The number of benzene rings is 16. The number of fused-ring (bicyclic) bond motifs is 8. The molecular formula is C104H81B2N5S. The van der Waals surface area contributed by atoms with Gasteiger partial charge in [0.2, 0.25) is 6.71 Å². The first-order chi connectivity index (χ1) is 54.9. The second-order valence-electron chi connectivity index (χ2n) is 32.0. The van der Waals surface area contributed by atoms with Gasteiger partial charge in [-0.05, 0) is 175 Å². The maximum Gasteiger partial charge on any atom is 0.252 e. The summed E-state index contributed by atoms with van der Waals surface area (Å²) in [5.74, 6) is 0. The first-order valence-corrected chi connectivity index (χ1v) is 39.9. The van der Waals surface area contributed by atoms with E-state index in [0.29, 0.717) is 0 Å². The maximum atomic E-state index is 2.70. The molecule has 534 valence electrons. The van der Waals surface area contributed by atoms with Gasteiger partial charge in [-0.2, -0.15) is 0 Å². The molecule has 0 atom stereocenters. The van der Waals surface area contributed by atoms with E-state index in [1.807, 2.05) is 11.8 Å². The van der Waals surface area contributed by atoms with Crippen LogP contribution >= 0.6 is 11.8 Å². The molecule has 5 nitrogen and oxygen atoms in total. The summed E-state index contributed by atoms with van der Waals surface area (Å²) in [6.45, 7) is 13.4. The van der Waals surface area contributed by atoms with Gasteiger partial charge in [-0.25, -0.2) is 0 Å². The summed E-state index contributed by atoms with van der Waals surface area (Å²) in [4.78, 5) is 15.2. The van der Waals surface area contributed by atoms with Gasteiger partial charge in [-0.15, -0.1) is 0 Å². The molecule has 0 spiro atoms. The highest BCUT2D eigenvalue weighted by Crippen LogP contribution is 2.55. The Bertz CT molecular complexity index is 6170. The summed E-state index contributed by atoms with van der Waals surface area (Å²) in [5, 5.41) is 0. The van der Waals surface area contributed by atoms with Crippen molar-refractivity contribution in [3.8, 4) is 44.5 Å². The number of hydrogen-bond acceptors (Lipinski definition) is 6. The van der Waals surface area contributed by atoms with Crippen LogP contribution in [-0.4, -0.2) is 13.4 Å². The van der Waals surface area contributed by atoms with Crippen LogP contribution in [0.15, 0.2) is 392 Å². The predicted molar refractivity (Wildman–Crippen MR) is 479 cm³/mol. The molecule has 0 radical (unpaired) electrons. The molecule has 4 heterocycles. The van der Waals surface area contributed by atoms with Crippen LogP contribution < -0.4 is 57.3 Å². The van der Waals surface area contributed by atoms with E-state index in [4.69, 9.17) is 0 Å². The largest absolute Gasteiger partial charge is 0.311 e. The summed E-state index contributed by atoms with van der Waals surface area (Å²) < 4.78 is 0. The van der Waals surface area contributed by atoms with E-state index in [0.717, 1.165) is 124 Å². The molecule has 0 N–H and O–H groups in total. The Kier molecular flexibility index (Phi) is 16.8. The van der Waals surface area contributed by atoms with Gasteiger partial charge in [0.15, 0.2) is 0 Å². The first-order valence-electron chi connectivity index (χ1n) is 39.1. The maximum absolute atomic E-state index is 2.70. The zero-order chi connectivity index (χ0) is 75.3. The quantitative estimate of drug-likeness (QED) is 0.106. The topological polar surface area (TPSA) is 16.2 Å². The third kappa shape index (κ3) is 11.7. The van der Waals surface area contributed by atoms with Crippen LogP contribution in [0.2, 0.25) is 0 Å².